The highest BCUT2D eigenvalue weighted by Gasteiger charge is 2.62. The van der Waals surface area contributed by atoms with Gasteiger partial charge in [0.05, 0.1) is 74.6 Å². The van der Waals surface area contributed by atoms with Crippen LogP contribution in [0.3, 0.4) is 0 Å². The van der Waals surface area contributed by atoms with Crippen LogP contribution in [-0.2, 0) is 33.2 Å². The average molecular weight is 2200 g/mol. The molecule has 15 N–H and O–H groups in total. The van der Waals surface area contributed by atoms with Gasteiger partial charge in [-0.3, -0.25) is 56.2 Å². The lowest BCUT2D eigenvalue weighted by Crippen LogP contribution is -2.43. The van der Waals surface area contributed by atoms with Crippen molar-refractivity contribution in [3.63, 3.8) is 0 Å². The van der Waals surface area contributed by atoms with Gasteiger partial charge in [0, 0.05) is 0 Å². The lowest BCUT2D eigenvalue weighted by molar-refractivity contribution is -0.172. The molecule has 46 nitrogen and oxygen atoms in total. The van der Waals surface area contributed by atoms with E-state index in [-0.39, 0.29) is 78.2 Å². The molecule has 12 aromatic rings. The summed E-state index contributed by atoms with van der Waals surface area (Å²) in [6, 6.07) is 0. The molecule has 0 radical (unpaired) electrons. The summed E-state index contributed by atoms with van der Waals surface area (Å²) >= 11 is 6.40. The molecule has 0 amide bonds. The first-order valence-corrected chi connectivity index (χ1v) is 67.1. The molecule has 2 bridgehead atoms. The third-order valence-corrected chi connectivity index (χ3v) is 36.3. The summed E-state index contributed by atoms with van der Waals surface area (Å²) in [4.78, 5) is 138. The number of rotatable bonds is 24. The second-order valence-corrected chi connectivity index (χ2v) is 70.8. The van der Waals surface area contributed by atoms with Crippen molar-refractivity contribution in [3.05, 3.63) is 135 Å². The molecular weight excluding hydrogens is 2060 g/mol. The van der Waals surface area contributed by atoms with Crippen molar-refractivity contribution >= 4 is 158 Å². The summed E-state index contributed by atoms with van der Waals surface area (Å²) < 4.78 is 65.7. The Balaban J connectivity index is 0.000000140. The molecule has 19 heterocycles. The first-order chi connectivity index (χ1) is 68.6. The number of aliphatic hydroxyl groups is 9. The Morgan fingerprint density at radius 2 is 0.642 bits per heavy atom. The number of alkyl halides is 2. The van der Waals surface area contributed by atoms with Crippen LogP contribution in [-0.4, -0.2) is 432 Å². The van der Waals surface area contributed by atoms with Crippen molar-refractivity contribution in [3.8, 4) is 0 Å². The minimum Gasteiger partial charge on any atom is -0.389 e. The van der Waals surface area contributed by atoms with E-state index in [4.69, 9.17) is 44.8 Å². The Morgan fingerprint density at radius 3 is 0.973 bits per heavy atom. The molecule has 12 aromatic heterocycles. The summed E-state index contributed by atoms with van der Waals surface area (Å²) in [6.07, 6.45) is 26.6. The van der Waals surface area contributed by atoms with E-state index in [1.807, 2.05) is 0 Å². The third-order valence-electron chi connectivity index (χ3n) is 27.1. The van der Waals surface area contributed by atoms with Crippen LogP contribution in [0.5, 0.6) is 0 Å². The first kappa shape index (κ1) is 115. The maximum Gasteiger partial charge on any atom is 0.279 e. The zero-order valence-corrected chi connectivity index (χ0v) is 93.4. The summed E-state index contributed by atoms with van der Waals surface area (Å²) in [5.41, 5.74) is -3.49. The second-order valence-electron chi connectivity index (χ2n) is 44.4. The quantitative estimate of drug-likeness (QED) is 0.0288. The summed E-state index contributed by atoms with van der Waals surface area (Å²) in [5.74, 6) is 2.72. The van der Waals surface area contributed by atoms with Gasteiger partial charge in [0.1, 0.15) is 106 Å². The smallest absolute Gasteiger partial charge is 0.279 e. The average Bonchev–Trinajstić information content (AvgIpc) is 1.56. The van der Waals surface area contributed by atoms with Gasteiger partial charge in [0.2, 0.25) is 0 Å². The third kappa shape index (κ3) is 25.1. The van der Waals surface area contributed by atoms with Crippen molar-refractivity contribution in [2.45, 2.75) is 245 Å². The van der Waals surface area contributed by atoms with Gasteiger partial charge in [-0.25, -0.2) is 64.2 Å². The minimum absolute atomic E-state index is 0.124. The van der Waals surface area contributed by atoms with Crippen LogP contribution in [0.2, 0.25) is 0 Å². The number of ether oxygens (including phenoxy) is 7. The van der Waals surface area contributed by atoms with E-state index in [2.05, 4.69) is 207 Å². The van der Waals surface area contributed by atoms with Gasteiger partial charge in [-0.15, -0.1) is 90.7 Å². The number of fused-ring (bicyclic) bond motifs is 8. The Kier molecular flexibility index (Phi) is 33.8. The first-order valence-electron chi connectivity index (χ1n) is 48.3. The fourth-order valence-electron chi connectivity index (χ4n) is 18.7. The van der Waals surface area contributed by atoms with E-state index < -0.39 is 180 Å². The van der Waals surface area contributed by atoms with Gasteiger partial charge in [-0.05, 0) is 218 Å². The molecule has 19 rings (SSSR count). The second kappa shape index (κ2) is 43.4. The number of H-pyrrole nitrogens is 6. The number of aryl methyl sites for hydroxylation is 6. The molecule has 7 aliphatic heterocycles. The zero-order chi connectivity index (χ0) is 109. The van der Waals surface area contributed by atoms with Crippen LogP contribution in [0.25, 0.3) is 67.0 Å². The van der Waals surface area contributed by atoms with Crippen LogP contribution < -0.4 is 33.4 Å². The van der Waals surface area contributed by atoms with Gasteiger partial charge in [0.15, 0.2) is 111 Å². The van der Waals surface area contributed by atoms with Crippen molar-refractivity contribution in [2.75, 3.05) is 124 Å². The maximum atomic E-state index is 14.6. The molecule has 7 saturated heterocycles. The topological polar surface area (TPSA) is 628 Å². The van der Waals surface area contributed by atoms with Crippen LogP contribution in [0.4, 0.5) is 4.39 Å². The van der Waals surface area contributed by atoms with Gasteiger partial charge in [0.25, 0.3) is 33.4 Å². The molecule has 4 unspecified atom stereocenters. The van der Waals surface area contributed by atoms with Gasteiger partial charge in [-0.1, -0.05) is 0 Å². The number of nitrogens with one attached hydrogen (secondary N) is 6. The predicted octanol–water partition coefficient (Wildman–Crippen LogP) is 4.68. The summed E-state index contributed by atoms with van der Waals surface area (Å²) in [5, 5.41) is 94.6. The number of aromatic nitrogens is 24. The van der Waals surface area contributed by atoms with E-state index in [9.17, 15) is 79.1 Å². The molecule has 0 spiro atoms. The predicted molar refractivity (Wildman–Crippen MR) is 584 cm³/mol. The fraction of sp³-hybridized carbons (Fsp3) is 0.617. The lowest BCUT2D eigenvalue weighted by Gasteiger charge is -2.32. The number of hydrogen-bond donors (Lipinski definition) is 15. The SMILES string of the molecule is C=P(C)(C)CCC1O[C@@H](n2cnc3c(=O)[nH]c(C)nc32)[C@@](C)(O)[C@@H]1O.C=P(C)(C)CCC1O[C@@H](n2cnc3c(=O)[nH]c(C)nc32)[C@H](Cl)[C@@H]1O.C=P(C)(C)CCC1O[C@@H](n2cnc3c(=O)[nH]c(C)nc32)[C@H](F)[C@@H]1O.C=P(C)(C)CCC1O[C@@H](n2cnc3c(=O)[nH]c(C)nc32)[C@](C)(O)[C@@H]1O.C=P(C)(C)CC[C@@]1(C)O[C@@H](n2cnc3c(=O)[nH]c(C)nc32)[C@H](O)[C@@H]1O.C=P(C)(C)CC[C@@]12CO[C@@H]([C@H](n3cnc4c(=O)[nH]c(C)nc43)O1)[C@@H]2O. The fourth-order valence-corrected chi connectivity index (χ4v) is 24.9. The molecule has 0 aromatic carbocycles. The number of aromatic amines is 6. The van der Waals surface area contributed by atoms with Crippen molar-refractivity contribution in [2.24, 2.45) is 0 Å². The van der Waals surface area contributed by atoms with E-state index in [0.29, 0.717) is 108 Å². The van der Waals surface area contributed by atoms with E-state index in [0.717, 1.165) is 37.0 Å². The molecule has 54 heteroatoms. The monoisotopic (exact) mass is 2200 g/mol. The van der Waals surface area contributed by atoms with Crippen molar-refractivity contribution < 1.29 is 83.5 Å². The lowest BCUT2D eigenvalue weighted by atomic mass is 9.95. The number of nitrogens with zero attached hydrogens (tertiary/aromatic N) is 18. The Labute approximate surface area is 857 Å². The Hall–Kier alpha value is -8.52. The van der Waals surface area contributed by atoms with E-state index >= 15 is 0 Å². The molecule has 24 atom stereocenters. The van der Waals surface area contributed by atoms with Crippen LogP contribution in [0.1, 0.15) is 132 Å². The molecule has 7 aliphatic rings. The molecule has 814 valence electrons. The molecule has 0 aliphatic carbocycles. The van der Waals surface area contributed by atoms with Crippen molar-refractivity contribution in [1.29, 1.82) is 0 Å². The Morgan fingerprint density at radius 1 is 0.365 bits per heavy atom. The van der Waals surface area contributed by atoms with Gasteiger partial charge >= 0.3 is 0 Å². The standard InChI is InChI=1S/C16H23N4O4P.3C16H25N4O4P.C15H22ClN4O3P.C15H22FN4O3P/c1-9-18-13-10(14(22)19-9)17-8-20(13)15-11-12(21)16(24-15,7-23-11)5-6-25(2,3)4;1-9-18-13-10(14(23)19-9)17-8-20(13)15-11(21)12(22)16(2,24-15)6-7-25(3,4)5;2*1-9-18-13-11(14(22)19-9)17-8-20(13)15-16(2,23)12(21)10(24-15)6-7-25(3,4)5;2*1-8-18-13-11(14(22)19-8)17-7-20(13)15-10(16)12(21)9(23-15)5-6-24(2,3)4/h8,11-12,15,21H,2,5-7H2,1,3-4H3,(H,18,19,22);8,11-12,15,21-22H,3,6-7H2,1-2,4-5H3,(H,18,19,23);2*8,10,12,15,21,23H,3,6-7H2,1-2,4-5H3,(H,18,19,22);2*7,9-10,12,15,21H,2,5-6H2,1,3-4H3,(H,18,19,22)/t11-,12+,15-,16+;11-,12+,15-,16-;10?,12-,15-,16+;10?,12-,15-,16-;2*9?,10-,12-,15-/m111111/s1. The molecule has 7 fully saturated rings. The number of halogens is 2. The van der Waals surface area contributed by atoms with Crippen LogP contribution >= 0.6 is 52.9 Å². The molecule has 148 heavy (non-hydrogen) atoms. The summed E-state index contributed by atoms with van der Waals surface area (Å²) in [6.45, 7) is 33.2. The number of imidazole rings is 6. The van der Waals surface area contributed by atoms with E-state index in [1.165, 1.54) is 70.1 Å². The largest absolute Gasteiger partial charge is 0.389 e. The highest BCUT2D eigenvalue weighted by atomic mass is 35.5. The minimum atomic E-state index is -1.61. The van der Waals surface area contributed by atoms with Crippen LogP contribution in [0, 0.1) is 41.5 Å². The molecular formula is C94H142ClFN24O22P6. The van der Waals surface area contributed by atoms with Gasteiger partial charge in [-0.2, -0.15) is 0 Å². The summed E-state index contributed by atoms with van der Waals surface area (Å²) in [7, 11) is 0. The zero-order valence-electron chi connectivity index (χ0n) is 87.3. The molecule has 0 saturated carbocycles. The maximum absolute atomic E-state index is 14.6. The highest BCUT2D eigenvalue weighted by molar-refractivity contribution is 7.73. The normalized spacial score (nSPS) is 29.8. The van der Waals surface area contributed by atoms with Crippen LogP contribution in [0.15, 0.2) is 66.7 Å². The van der Waals surface area contributed by atoms with E-state index in [1.54, 1.807) is 57.6 Å². The number of hydrogen-bond acceptors (Lipinski definition) is 34. The highest BCUT2D eigenvalue weighted by Crippen LogP contribution is 2.53. The Bertz CT molecular complexity index is 7240. The van der Waals surface area contributed by atoms with Gasteiger partial charge < -0.3 is 109 Å². The number of aliphatic hydroxyl groups excluding tert-OH is 7. The van der Waals surface area contributed by atoms with Crippen molar-refractivity contribution in [1.82, 2.24) is 117 Å².